The van der Waals surface area contributed by atoms with Gasteiger partial charge in [-0.15, -0.1) is 0 Å². The molecular weight excluding hydrogens is 420 g/mol. The maximum atomic E-state index is 14.0. The van der Waals surface area contributed by atoms with Gasteiger partial charge in [-0.05, 0) is 35.7 Å². The molecule has 1 N–H and O–H groups in total. The summed E-state index contributed by atoms with van der Waals surface area (Å²) in [5.41, 5.74) is 6.32. The fourth-order valence-corrected chi connectivity index (χ4v) is 4.95. The monoisotopic (exact) mass is 450 g/mol. The number of aryl methyl sites for hydroxylation is 1. The molecule has 1 aliphatic rings. The smallest absolute Gasteiger partial charge is 0.259 e. The highest BCUT2D eigenvalue weighted by Crippen LogP contribution is 2.27. The summed E-state index contributed by atoms with van der Waals surface area (Å²) in [6.45, 7) is 4.27. The Morgan fingerprint density at radius 1 is 0.941 bits per heavy atom. The third-order valence-corrected chi connectivity index (χ3v) is 6.63. The molecule has 5 nitrogen and oxygen atoms in total. The number of anilines is 1. The van der Waals surface area contributed by atoms with Crippen molar-refractivity contribution in [1.82, 2.24) is 14.5 Å². The zero-order valence-electron chi connectivity index (χ0n) is 19.7. The Kier molecular flexibility index (Phi) is 6.28. The van der Waals surface area contributed by atoms with Crippen LogP contribution in [0.4, 0.5) is 5.69 Å². The van der Waals surface area contributed by atoms with Crippen molar-refractivity contribution in [3.05, 3.63) is 129 Å². The van der Waals surface area contributed by atoms with Gasteiger partial charge in [0, 0.05) is 38.8 Å². The first kappa shape index (κ1) is 22.1. The van der Waals surface area contributed by atoms with Crippen LogP contribution in [-0.4, -0.2) is 28.0 Å². The van der Waals surface area contributed by atoms with Gasteiger partial charge in [-0.3, -0.25) is 14.3 Å². The summed E-state index contributed by atoms with van der Waals surface area (Å²) in [6, 6.07) is 28.7. The first-order valence-corrected chi connectivity index (χ1v) is 11.8. The summed E-state index contributed by atoms with van der Waals surface area (Å²) in [4.78, 5) is 21.3. The molecule has 1 aromatic heterocycles. The van der Waals surface area contributed by atoms with Crippen LogP contribution in [0.15, 0.2) is 89.7 Å². The third kappa shape index (κ3) is 4.39. The second kappa shape index (κ2) is 9.65. The molecule has 0 fully saturated rings. The van der Waals surface area contributed by atoms with Crippen molar-refractivity contribution in [2.24, 2.45) is 0 Å². The Morgan fingerprint density at radius 2 is 1.62 bits per heavy atom. The fraction of sp³-hybridized carbons (Fsp3) is 0.241. The van der Waals surface area contributed by atoms with Crippen LogP contribution in [0, 0.1) is 6.92 Å². The van der Waals surface area contributed by atoms with Crippen LogP contribution in [0.2, 0.25) is 0 Å². The first-order chi connectivity index (χ1) is 16.6. The van der Waals surface area contributed by atoms with Crippen LogP contribution < -0.4 is 10.9 Å². The zero-order valence-corrected chi connectivity index (χ0v) is 19.7. The number of nitrogens with one attached hydrogen (secondary N) is 1. The Hall–Kier alpha value is -3.70. The van der Waals surface area contributed by atoms with E-state index in [1.807, 2.05) is 54.9 Å². The minimum atomic E-state index is -0.213. The molecule has 0 atom stereocenters. The van der Waals surface area contributed by atoms with Gasteiger partial charge in [-0.1, -0.05) is 72.8 Å². The first-order valence-electron chi connectivity index (χ1n) is 11.8. The average Bonchev–Trinajstić information content (AvgIpc) is 2.88. The molecule has 0 bridgehead atoms. The number of nitrogens with zero attached hydrogens (tertiary/aromatic N) is 3. The van der Waals surface area contributed by atoms with Gasteiger partial charge in [0.15, 0.2) is 0 Å². The van der Waals surface area contributed by atoms with Crippen LogP contribution in [0.1, 0.15) is 39.8 Å². The Bertz CT molecular complexity index is 1290. The molecular formula is C29H30N4O. The number of fused-ring (bicyclic) bond motifs is 1. The van der Waals surface area contributed by atoms with E-state index in [0.29, 0.717) is 6.54 Å². The molecule has 0 unspecified atom stereocenters. The molecule has 1 aliphatic heterocycles. The van der Waals surface area contributed by atoms with E-state index in [0.717, 1.165) is 53.4 Å². The van der Waals surface area contributed by atoms with Crippen LogP contribution in [0.3, 0.4) is 0 Å². The highest BCUT2D eigenvalue weighted by Gasteiger charge is 2.27. The zero-order chi connectivity index (χ0) is 23.5. The van der Waals surface area contributed by atoms with E-state index in [-0.39, 0.29) is 11.6 Å². The lowest BCUT2D eigenvalue weighted by Gasteiger charge is -2.30. The van der Waals surface area contributed by atoms with Gasteiger partial charge in [-0.25, -0.2) is 4.98 Å². The molecule has 2 heterocycles. The molecule has 0 spiro atoms. The Labute approximate surface area is 200 Å². The van der Waals surface area contributed by atoms with E-state index in [4.69, 9.17) is 4.98 Å². The van der Waals surface area contributed by atoms with Crippen molar-refractivity contribution in [2.45, 2.75) is 32.5 Å². The average molecular weight is 451 g/mol. The standard InChI is InChI=1S/C29H30N4O/c1-21-31-27-16-17-32(19-22-10-9-15-25(18-22)30-2)20-26(27)29(34)33(21)28(23-11-5-3-6-12-23)24-13-7-4-8-14-24/h3-15,18,28,30H,16-17,19-20H2,1-2H3. The lowest BCUT2D eigenvalue weighted by Crippen LogP contribution is -2.40. The largest absolute Gasteiger partial charge is 0.388 e. The van der Waals surface area contributed by atoms with Crippen molar-refractivity contribution >= 4 is 5.69 Å². The SMILES string of the molecule is CNc1cccc(CN2CCc3nc(C)n(C(c4ccccc4)c4ccccc4)c(=O)c3C2)c1. The predicted octanol–water partition coefficient (Wildman–Crippen LogP) is 4.79. The number of aromatic nitrogens is 2. The van der Waals surface area contributed by atoms with Crippen molar-refractivity contribution in [2.75, 3.05) is 18.9 Å². The molecule has 172 valence electrons. The highest BCUT2D eigenvalue weighted by molar-refractivity contribution is 5.45. The molecule has 3 aromatic carbocycles. The van der Waals surface area contributed by atoms with Crippen LogP contribution in [-0.2, 0) is 19.5 Å². The summed E-state index contributed by atoms with van der Waals surface area (Å²) in [5, 5.41) is 3.20. The van der Waals surface area contributed by atoms with Gasteiger partial charge in [0.1, 0.15) is 5.82 Å². The van der Waals surface area contributed by atoms with E-state index < -0.39 is 0 Å². The second-order valence-corrected chi connectivity index (χ2v) is 8.89. The number of benzene rings is 3. The van der Waals surface area contributed by atoms with Crippen LogP contribution >= 0.6 is 0 Å². The topological polar surface area (TPSA) is 50.2 Å². The quantitative estimate of drug-likeness (QED) is 0.459. The molecule has 0 saturated carbocycles. The third-order valence-electron chi connectivity index (χ3n) is 6.63. The maximum absolute atomic E-state index is 14.0. The van der Waals surface area contributed by atoms with Crippen LogP contribution in [0.5, 0.6) is 0 Å². The summed E-state index contributed by atoms with van der Waals surface area (Å²) in [6.07, 6.45) is 0.791. The molecule has 4 aromatic rings. The minimum Gasteiger partial charge on any atom is -0.388 e. The highest BCUT2D eigenvalue weighted by atomic mass is 16.1. The van der Waals surface area contributed by atoms with Crippen molar-refractivity contribution in [3.63, 3.8) is 0 Å². The van der Waals surface area contributed by atoms with Gasteiger partial charge in [0.05, 0.1) is 17.3 Å². The summed E-state index contributed by atoms with van der Waals surface area (Å²) in [5.74, 6) is 0.761. The number of hydrogen-bond donors (Lipinski definition) is 1. The van der Waals surface area contributed by atoms with Gasteiger partial charge < -0.3 is 5.32 Å². The lowest BCUT2D eigenvalue weighted by atomic mass is 9.97. The second-order valence-electron chi connectivity index (χ2n) is 8.89. The van der Waals surface area contributed by atoms with E-state index >= 15 is 0 Å². The normalized spacial score (nSPS) is 13.6. The van der Waals surface area contributed by atoms with E-state index in [1.165, 1.54) is 5.56 Å². The molecule has 5 rings (SSSR count). The molecule has 0 radical (unpaired) electrons. The van der Waals surface area contributed by atoms with Gasteiger partial charge in [-0.2, -0.15) is 0 Å². The Morgan fingerprint density at radius 3 is 2.26 bits per heavy atom. The van der Waals surface area contributed by atoms with Gasteiger partial charge >= 0.3 is 0 Å². The number of hydrogen-bond acceptors (Lipinski definition) is 4. The Balaban J connectivity index is 1.54. The van der Waals surface area contributed by atoms with Crippen LogP contribution in [0.25, 0.3) is 0 Å². The number of rotatable bonds is 6. The molecule has 0 amide bonds. The molecule has 5 heteroatoms. The fourth-order valence-electron chi connectivity index (χ4n) is 4.95. The molecule has 0 aliphatic carbocycles. The summed E-state index contributed by atoms with van der Waals surface area (Å²) < 4.78 is 1.88. The van der Waals surface area contributed by atoms with Crippen molar-refractivity contribution < 1.29 is 0 Å². The lowest BCUT2D eigenvalue weighted by molar-refractivity contribution is 0.240. The van der Waals surface area contributed by atoms with E-state index in [9.17, 15) is 4.79 Å². The minimum absolute atomic E-state index is 0.0638. The maximum Gasteiger partial charge on any atom is 0.259 e. The van der Waals surface area contributed by atoms with Gasteiger partial charge in [0.2, 0.25) is 0 Å². The molecule has 0 saturated heterocycles. The predicted molar refractivity (Wildman–Crippen MR) is 137 cm³/mol. The summed E-state index contributed by atoms with van der Waals surface area (Å²) >= 11 is 0. The van der Waals surface area contributed by atoms with Crippen molar-refractivity contribution in [1.29, 1.82) is 0 Å². The molecule has 34 heavy (non-hydrogen) atoms. The summed E-state index contributed by atoms with van der Waals surface area (Å²) in [7, 11) is 1.93. The van der Waals surface area contributed by atoms with Gasteiger partial charge in [0.25, 0.3) is 5.56 Å². The van der Waals surface area contributed by atoms with E-state index in [1.54, 1.807) is 0 Å². The van der Waals surface area contributed by atoms with E-state index in [2.05, 4.69) is 58.7 Å². The van der Waals surface area contributed by atoms with Crippen molar-refractivity contribution in [3.8, 4) is 0 Å².